The number of hydrogen-bond donors (Lipinski definition) is 3. The molecule has 0 spiro atoms. The van der Waals surface area contributed by atoms with Crippen LogP contribution in [0.15, 0.2) is 48.5 Å². The van der Waals surface area contributed by atoms with Gasteiger partial charge in [0.1, 0.15) is 6.61 Å². The molecule has 0 saturated heterocycles. The predicted octanol–water partition coefficient (Wildman–Crippen LogP) is 2.36. The Morgan fingerprint density at radius 3 is 2.38 bits per heavy atom. The van der Waals surface area contributed by atoms with Crippen LogP contribution >= 0.6 is 0 Å². The summed E-state index contributed by atoms with van der Waals surface area (Å²) in [4.78, 5) is 0. The van der Waals surface area contributed by atoms with Gasteiger partial charge in [0, 0.05) is 5.92 Å². The van der Waals surface area contributed by atoms with E-state index < -0.39 is 21.5 Å². The Hall–Kier alpha value is -2.09. The third-order valence-corrected chi connectivity index (χ3v) is 4.69. The van der Waals surface area contributed by atoms with E-state index >= 15 is 0 Å². The molecule has 24 heavy (non-hydrogen) atoms. The molecule has 2 rings (SSSR count). The Bertz CT molecular complexity index is 773. The molecule has 130 valence electrons. The van der Waals surface area contributed by atoms with Crippen LogP contribution in [0.3, 0.4) is 0 Å². The van der Waals surface area contributed by atoms with Crippen molar-refractivity contribution in [3.63, 3.8) is 0 Å². The maximum absolute atomic E-state index is 11.0. The topological polar surface area (TPSA) is 104 Å². The zero-order chi connectivity index (χ0) is 17.7. The minimum absolute atomic E-state index is 0.0299. The lowest BCUT2D eigenvalue weighted by Gasteiger charge is -2.17. The van der Waals surface area contributed by atoms with Crippen LogP contribution in [0.25, 0.3) is 0 Å². The molecule has 3 N–H and O–H groups in total. The Labute approximate surface area is 141 Å². The molecule has 0 aliphatic carbocycles. The zero-order valence-corrected chi connectivity index (χ0v) is 14.0. The molecule has 0 aliphatic heterocycles. The van der Waals surface area contributed by atoms with Gasteiger partial charge < -0.3 is 14.9 Å². The number of phenolic OH excluding ortho intramolecular Hbond substituents is 1. The fraction of sp³-hybridized carbons (Fsp3) is 0.294. The second-order valence-corrected chi connectivity index (χ2v) is 7.18. The van der Waals surface area contributed by atoms with Gasteiger partial charge in [-0.15, -0.1) is 0 Å². The van der Waals surface area contributed by atoms with Gasteiger partial charge in [0.25, 0.3) is 10.1 Å². The van der Waals surface area contributed by atoms with Crippen LogP contribution in [-0.4, -0.2) is 28.6 Å². The van der Waals surface area contributed by atoms with Crippen molar-refractivity contribution in [3.05, 3.63) is 59.7 Å². The highest BCUT2D eigenvalue weighted by Gasteiger charge is 2.26. The van der Waals surface area contributed by atoms with E-state index in [1.54, 1.807) is 12.1 Å². The number of benzene rings is 2. The van der Waals surface area contributed by atoms with E-state index in [1.165, 1.54) is 13.0 Å². The first kappa shape index (κ1) is 18.3. The largest absolute Gasteiger partial charge is 0.504 e. The summed E-state index contributed by atoms with van der Waals surface area (Å²) in [6.07, 6.45) is 0.197. The highest BCUT2D eigenvalue weighted by Crippen LogP contribution is 2.29. The minimum Gasteiger partial charge on any atom is -0.504 e. The van der Waals surface area contributed by atoms with Gasteiger partial charge in [0.15, 0.2) is 16.9 Å². The fourth-order valence-electron chi connectivity index (χ4n) is 2.30. The molecule has 2 aromatic carbocycles. The van der Waals surface area contributed by atoms with Gasteiger partial charge in [-0.25, -0.2) is 0 Å². The number of ether oxygens (including phenoxy) is 1. The van der Waals surface area contributed by atoms with Crippen LogP contribution in [0.4, 0.5) is 0 Å². The van der Waals surface area contributed by atoms with E-state index in [4.69, 9.17) is 9.29 Å². The summed E-state index contributed by atoms with van der Waals surface area (Å²) >= 11 is 0. The molecule has 0 heterocycles. The molecular weight excluding hydrogens is 332 g/mol. The van der Waals surface area contributed by atoms with Gasteiger partial charge in [-0.05, 0) is 29.7 Å². The van der Waals surface area contributed by atoms with E-state index in [0.717, 1.165) is 5.56 Å². The van der Waals surface area contributed by atoms with Crippen molar-refractivity contribution in [2.75, 3.05) is 0 Å². The molecule has 0 saturated carbocycles. The maximum atomic E-state index is 11.0. The van der Waals surface area contributed by atoms with Gasteiger partial charge in [-0.3, -0.25) is 4.55 Å². The molecule has 0 fully saturated rings. The summed E-state index contributed by atoms with van der Waals surface area (Å²) in [7, 11) is -4.51. The second kappa shape index (κ2) is 7.65. The quantitative estimate of drug-likeness (QED) is 0.661. The highest BCUT2D eigenvalue weighted by molar-refractivity contribution is 7.86. The van der Waals surface area contributed by atoms with Crippen molar-refractivity contribution in [1.82, 2.24) is 0 Å². The van der Waals surface area contributed by atoms with Gasteiger partial charge in [-0.2, -0.15) is 8.42 Å². The van der Waals surface area contributed by atoms with Gasteiger partial charge in [-0.1, -0.05) is 43.3 Å². The summed E-state index contributed by atoms with van der Waals surface area (Å²) in [5, 5.41) is 19.4. The lowest BCUT2D eigenvalue weighted by Crippen LogP contribution is -2.28. The molecular formula is C17H20O6S. The number of aliphatic hydroxyl groups is 1. The standard InChI is InChI=1S/C17H20O6S/c1-12(17(19)24(20,21)22)9-14-7-8-15(18)16(10-14)23-11-13-5-3-2-4-6-13/h2-8,10,12,17-19H,9,11H2,1H3,(H,20,21,22). The van der Waals surface area contributed by atoms with Gasteiger partial charge >= 0.3 is 0 Å². The van der Waals surface area contributed by atoms with E-state index in [-0.39, 0.29) is 24.5 Å². The minimum atomic E-state index is -4.51. The van der Waals surface area contributed by atoms with Crippen LogP contribution in [-0.2, 0) is 23.1 Å². The Kier molecular flexibility index (Phi) is 5.82. The maximum Gasteiger partial charge on any atom is 0.292 e. The molecule has 0 amide bonds. The van der Waals surface area contributed by atoms with E-state index in [0.29, 0.717) is 5.56 Å². The first-order valence-corrected chi connectivity index (χ1v) is 8.90. The summed E-state index contributed by atoms with van der Waals surface area (Å²) < 4.78 is 36.5. The van der Waals surface area contributed by atoms with Crippen molar-refractivity contribution in [3.8, 4) is 11.5 Å². The van der Waals surface area contributed by atoms with Crippen molar-refractivity contribution in [1.29, 1.82) is 0 Å². The SMILES string of the molecule is CC(Cc1ccc(O)c(OCc2ccccc2)c1)C(O)S(=O)(=O)O. The third kappa shape index (κ3) is 4.95. The van der Waals surface area contributed by atoms with E-state index in [2.05, 4.69) is 0 Å². The first-order valence-electron chi connectivity index (χ1n) is 7.40. The van der Waals surface area contributed by atoms with E-state index in [1.807, 2.05) is 30.3 Å². The Balaban J connectivity index is 2.08. The number of hydrogen-bond acceptors (Lipinski definition) is 5. The lowest BCUT2D eigenvalue weighted by molar-refractivity contribution is 0.177. The van der Waals surface area contributed by atoms with Crippen molar-refractivity contribution >= 4 is 10.1 Å². The van der Waals surface area contributed by atoms with Crippen molar-refractivity contribution in [2.45, 2.75) is 25.4 Å². The molecule has 6 nitrogen and oxygen atoms in total. The molecule has 0 aromatic heterocycles. The summed E-state index contributed by atoms with van der Waals surface area (Å²) in [6, 6.07) is 14.1. The lowest BCUT2D eigenvalue weighted by atomic mass is 10.0. The van der Waals surface area contributed by atoms with Crippen LogP contribution in [0, 0.1) is 5.92 Å². The monoisotopic (exact) mass is 352 g/mol. The van der Waals surface area contributed by atoms with Gasteiger partial charge in [0.2, 0.25) is 0 Å². The molecule has 7 heteroatoms. The van der Waals surface area contributed by atoms with Crippen LogP contribution in [0.5, 0.6) is 11.5 Å². The Morgan fingerprint density at radius 1 is 1.08 bits per heavy atom. The predicted molar refractivity (Wildman–Crippen MR) is 89.3 cm³/mol. The normalized spacial score (nSPS) is 14.1. The molecule has 0 aliphatic rings. The average molecular weight is 352 g/mol. The fourth-order valence-corrected chi connectivity index (χ4v) is 2.99. The first-order chi connectivity index (χ1) is 11.3. The molecule has 0 bridgehead atoms. The summed E-state index contributed by atoms with van der Waals surface area (Å²) in [5.74, 6) is -0.478. The zero-order valence-electron chi connectivity index (χ0n) is 13.2. The Morgan fingerprint density at radius 2 is 1.75 bits per heavy atom. The molecule has 2 unspecified atom stereocenters. The van der Waals surface area contributed by atoms with Crippen LogP contribution in [0.1, 0.15) is 18.1 Å². The molecule has 2 aromatic rings. The number of phenols is 1. The van der Waals surface area contributed by atoms with Crippen LogP contribution < -0.4 is 4.74 Å². The van der Waals surface area contributed by atoms with Crippen molar-refractivity contribution in [2.24, 2.45) is 5.92 Å². The molecule has 2 atom stereocenters. The number of rotatable bonds is 7. The third-order valence-electron chi connectivity index (χ3n) is 3.61. The van der Waals surface area contributed by atoms with E-state index in [9.17, 15) is 18.6 Å². The molecule has 0 radical (unpaired) electrons. The summed E-state index contributed by atoms with van der Waals surface area (Å²) in [6.45, 7) is 1.79. The van der Waals surface area contributed by atoms with Crippen molar-refractivity contribution < 1.29 is 27.9 Å². The van der Waals surface area contributed by atoms with Gasteiger partial charge in [0.05, 0.1) is 0 Å². The summed E-state index contributed by atoms with van der Waals surface area (Å²) in [5.41, 5.74) is -0.247. The number of aromatic hydroxyl groups is 1. The average Bonchev–Trinajstić information content (AvgIpc) is 2.54. The highest BCUT2D eigenvalue weighted by atomic mass is 32.2. The number of aliphatic hydroxyl groups excluding tert-OH is 1. The van der Waals surface area contributed by atoms with Crippen LogP contribution in [0.2, 0.25) is 0 Å². The second-order valence-electron chi connectivity index (χ2n) is 5.66. The smallest absolute Gasteiger partial charge is 0.292 e.